The Balaban J connectivity index is 2.10. The van der Waals surface area contributed by atoms with Crippen LogP contribution in [0.25, 0.3) is 0 Å². The lowest BCUT2D eigenvalue weighted by atomic mass is 9.93. The summed E-state index contributed by atoms with van der Waals surface area (Å²) in [5.74, 6) is 0.0998. The highest BCUT2D eigenvalue weighted by Gasteiger charge is 2.28. The van der Waals surface area contributed by atoms with Crippen molar-refractivity contribution in [2.75, 3.05) is 13.1 Å². The molecule has 0 saturated carbocycles. The van der Waals surface area contributed by atoms with Gasteiger partial charge in [-0.3, -0.25) is 4.79 Å². The first kappa shape index (κ1) is 12.5. The minimum absolute atomic E-state index is 0.0414. The Bertz CT molecular complexity index is 447. The van der Waals surface area contributed by atoms with E-state index in [0.717, 1.165) is 12.1 Å². The van der Waals surface area contributed by atoms with E-state index < -0.39 is 0 Å². The second kappa shape index (κ2) is 5.57. The standard InChI is InChI=1S/C12H16N4O2/c1-2-9-8-16(6-4-11(9)15-18)12(17)10-3-5-13-14-7-10/h3,5,7,9,18H,2,4,6,8H2,1H3/b15-11+. The normalized spacial score (nSPS) is 22.2. The lowest BCUT2D eigenvalue weighted by Crippen LogP contribution is -2.44. The fourth-order valence-electron chi connectivity index (χ4n) is 2.20. The van der Waals surface area contributed by atoms with Crippen molar-refractivity contribution in [1.82, 2.24) is 15.1 Å². The van der Waals surface area contributed by atoms with Crippen LogP contribution in [0.5, 0.6) is 0 Å². The van der Waals surface area contributed by atoms with Crippen LogP contribution in [0.4, 0.5) is 0 Å². The number of piperidine rings is 1. The fraction of sp³-hybridized carbons (Fsp3) is 0.500. The van der Waals surface area contributed by atoms with Crippen LogP contribution in [0, 0.1) is 5.92 Å². The summed E-state index contributed by atoms with van der Waals surface area (Å²) in [6, 6.07) is 1.66. The Morgan fingerprint density at radius 3 is 3.06 bits per heavy atom. The average Bonchev–Trinajstić information content (AvgIpc) is 2.46. The number of hydrogen-bond donors (Lipinski definition) is 1. The van der Waals surface area contributed by atoms with E-state index in [4.69, 9.17) is 5.21 Å². The van der Waals surface area contributed by atoms with Crippen molar-refractivity contribution >= 4 is 11.6 Å². The number of nitrogens with zero attached hydrogens (tertiary/aromatic N) is 4. The molecule has 1 fully saturated rings. The maximum Gasteiger partial charge on any atom is 0.255 e. The van der Waals surface area contributed by atoms with E-state index in [2.05, 4.69) is 15.4 Å². The van der Waals surface area contributed by atoms with E-state index in [1.54, 1.807) is 11.0 Å². The van der Waals surface area contributed by atoms with Crippen molar-refractivity contribution in [3.05, 3.63) is 24.0 Å². The summed E-state index contributed by atoms with van der Waals surface area (Å²) < 4.78 is 0. The van der Waals surface area contributed by atoms with Gasteiger partial charge < -0.3 is 10.1 Å². The summed E-state index contributed by atoms with van der Waals surface area (Å²) in [6.07, 6.45) is 4.46. The topological polar surface area (TPSA) is 78.7 Å². The Morgan fingerprint density at radius 2 is 2.44 bits per heavy atom. The van der Waals surface area contributed by atoms with Crippen molar-refractivity contribution in [2.45, 2.75) is 19.8 Å². The highest BCUT2D eigenvalue weighted by atomic mass is 16.4. The number of likely N-dealkylation sites (tertiary alicyclic amines) is 1. The zero-order valence-electron chi connectivity index (χ0n) is 10.3. The molecular formula is C12H16N4O2. The Hall–Kier alpha value is -1.98. The molecule has 6 heteroatoms. The first-order valence-electron chi connectivity index (χ1n) is 6.03. The number of carbonyl (C=O) groups is 1. The first-order valence-corrected chi connectivity index (χ1v) is 6.03. The van der Waals surface area contributed by atoms with E-state index >= 15 is 0 Å². The number of oxime groups is 1. The molecule has 96 valence electrons. The van der Waals surface area contributed by atoms with Crippen molar-refractivity contribution in [1.29, 1.82) is 0 Å². The van der Waals surface area contributed by atoms with Crippen LogP contribution < -0.4 is 0 Å². The number of amides is 1. The van der Waals surface area contributed by atoms with Crippen LogP contribution in [0.3, 0.4) is 0 Å². The van der Waals surface area contributed by atoms with E-state index in [1.807, 2.05) is 6.92 Å². The van der Waals surface area contributed by atoms with Gasteiger partial charge in [0.05, 0.1) is 23.7 Å². The third kappa shape index (κ3) is 2.47. The Labute approximate surface area is 105 Å². The summed E-state index contributed by atoms with van der Waals surface area (Å²) in [6.45, 7) is 3.20. The molecule has 1 aromatic rings. The molecule has 2 heterocycles. The van der Waals surface area contributed by atoms with Gasteiger partial charge in [-0.1, -0.05) is 12.1 Å². The number of aromatic nitrogens is 2. The molecule has 1 amide bonds. The highest BCUT2D eigenvalue weighted by Crippen LogP contribution is 2.19. The fourth-order valence-corrected chi connectivity index (χ4v) is 2.20. The zero-order valence-corrected chi connectivity index (χ0v) is 10.3. The maximum absolute atomic E-state index is 12.2. The van der Waals surface area contributed by atoms with Gasteiger partial charge in [0, 0.05) is 25.4 Å². The highest BCUT2D eigenvalue weighted by molar-refractivity contribution is 5.96. The molecular weight excluding hydrogens is 232 g/mol. The molecule has 1 aliphatic heterocycles. The summed E-state index contributed by atoms with van der Waals surface area (Å²) in [7, 11) is 0. The SMILES string of the molecule is CCC1CN(C(=O)c2ccnnc2)CC/C1=N\O. The average molecular weight is 248 g/mol. The molecule has 0 aliphatic carbocycles. The molecule has 6 nitrogen and oxygen atoms in total. The molecule has 18 heavy (non-hydrogen) atoms. The largest absolute Gasteiger partial charge is 0.411 e. The minimum atomic E-state index is -0.0414. The van der Waals surface area contributed by atoms with E-state index in [0.29, 0.717) is 25.1 Å². The van der Waals surface area contributed by atoms with Crippen molar-refractivity contribution in [3.63, 3.8) is 0 Å². The van der Waals surface area contributed by atoms with E-state index in [9.17, 15) is 4.79 Å². The van der Waals surface area contributed by atoms with Gasteiger partial charge in [-0.05, 0) is 12.5 Å². The Kier molecular flexibility index (Phi) is 3.86. The van der Waals surface area contributed by atoms with Gasteiger partial charge in [0.1, 0.15) is 0 Å². The first-order chi connectivity index (χ1) is 8.76. The van der Waals surface area contributed by atoms with Crippen molar-refractivity contribution in [3.8, 4) is 0 Å². The number of carbonyl (C=O) groups excluding carboxylic acids is 1. The molecule has 1 unspecified atom stereocenters. The lowest BCUT2D eigenvalue weighted by Gasteiger charge is -2.32. The maximum atomic E-state index is 12.2. The van der Waals surface area contributed by atoms with Crippen molar-refractivity contribution < 1.29 is 10.0 Å². The minimum Gasteiger partial charge on any atom is -0.411 e. The molecule has 0 spiro atoms. The monoisotopic (exact) mass is 248 g/mol. The molecule has 1 aliphatic rings. The van der Waals surface area contributed by atoms with Gasteiger partial charge in [0.2, 0.25) is 0 Å². The van der Waals surface area contributed by atoms with E-state index in [-0.39, 0.29) is 11.8 Å². The van der Waals surface area contributed by atoms with Crippen LogP contribution in [0.1, 0.15) is 30.1 Å². The van der Waals surface area contributed by atoms with Gasteiger partial charge in [0.15, 0.2) is 0 Å². The Morgan fingerprint density at radius 1 is 1.61 bits per heavy atom. The molecule has 1 aromatic heterocycles. The quantitative estimate of drug-likeness (QED) is 0.629. The van der Waals surface area contributed by atoms with Gasteiger partial charge in [-0.2, -0.15) is 10.2 Å². The summed E-state index contributed by atoms with van der Waals surface area (Å²) in [4.78, 5) is 14.0. The van der Waals surface area contributed by atoms with Crippen LogP contribution in [-0.4, -0.2) is 45.0 Å². The molecule has 1 atom stereocenters. The molecule has 0 radical (unpaired) electrons. The second-order valence-electron chi connectivity index (χ2n) is 4.33. The van der Waals surface area contributed by atoms with Crippen LogP contribution >= 0.6 is 0 Å². The number of hydrogen-bond acceptors (Lipinski definition) is 5. The lowest BCUT2D eigenvalue weighted by molar-refractivity contribution is 0.0728. The van der Waals surface area contributed by atoms with Crippen molar-refractivity contribution in [2.24, 2.45) is 11.1 Å². The zero-order chi connectivity index (χ0) is 13.0. The second-order valence-corrected chi connectivity index (χ2v) is 4.33. The van der Waals surface area contributed by atoms with Crippen LogP contribution in [-0.2, 0) is 0 Å². The molecule has 1 saturated heterocycles. The molecule has 0 aromatic carbocycles. The third-order valence-corrected chi connectivity index (χ3v) is 3.29. The summed E-state index contributed by atoms with van der Waals surface area (Å²) in [5.41, 5.74) is 1.33. The summed E-state index contributed by atoms with van der Waals surface area (Å²) in [5, 5.41) is 19.6. The predicted octanol–water partition coefficient (Wildman–Crippen LogP) is 1.18. The predicted molar refractivity (Wildman–Crippen MR) is 65.6 cm³/mol. The van der Waals surface area contributed by atoms with Gasteiger partial charge >= 0.3 is 0 Å². The van der Waals surface area contributed by atoms with Crippen LogP contribution in [0.15, 0.2) is 23.6 Å². The van der Waals surface area contributed by atoms with E-state index in [1.165, 1.54) is 12.4 Å². The molecule has 0 bridgehead atoms. The smallest absolute Gasteiger partial charge is 0.255 e. The van der Waals surface area contributed by atoms with Crippen LogP contribution in [0.2, 0.25) is 0 Å². The summed E-state index contributed by atoms with van der Waals surface area (Å²) >= 11 is 0. The van der Waals surface area contributed by atoms with Gasteiger partial charge in [-0.15, -0.1) is 0 Å². The number of rotatable bonds is 2. The van der Waals surface area contributed by atoms with Gasteiger partial charge in [0.25, 0.3) is 5.91 Å². The molecule has 2 rings (SSSR count). The third-order valence-electron chi connectivity index (χ3n) is 3.29. The molecule has 1 N–H and O–H groups in total. The van der Waals surface area contributed by atoms with Gasteiger partial charge in [-0.25, -0.2) is 0 Å².